The van der Waals surface area contributed by atoms with Crippen molar-refractivity contribution in [3.63, 3.8) is 0 Å². The van der Waals surface area contributed by atoms with E-state index >= 15 is 0 Å². The molecule has 0 aliphatic carbocycles. The van der Waals surface area contributed by atoms with Crippen molar-refractivity contribution in [3.8, 4) is 0 Å². The Hall–Kier alpha value is 0.0269. The van der Waals surface area contributed by atoms with E-state index in [0.29, 0.717) is 6.42 Å². The van der Waals surface area contributed by atoms with E-state index in [9.17, 15) is 4.79 Å². The van der Waals surface area contributed by atoms with E-state index in [2.05, 4.69) is 70.2 Å². The van der Waals surface area contributed by atoms with Gasteiger partial charge in [0, 0.05) is 0 Å². The van der Waals surface area contributed by atoms with Crippen LogP contribution in [0, 0.1) is 11.8 Å². The van der Waals surface area contributed by atoms with Crippen LogP contribution in [0.25, 0.3) is 0 Å². The summed E-state index contributed by atoms with van der Waals surface area (Å²) in [5.41, 5.74) is -1.47. The third kappa shape index (κ3) is 2.99. The summed E-state index contributed by atoms with van der Waals surface area (Å²) >= 11 is 3.43. The van der Waals surface area contributed by atoms with Crippen LogP contribution in [0.5, 0.6) is 0 Å². The molecular weight excluding hydrogens is 384 g/mol. The molecule has 3 nitrogen and oxygen atoms in total. The zero-order valence-electron chi connectivity index (χ0n) is 16.5. The molecule has 5 heteroatoms. The predicted octanol–water partition coefficient (Wildman–Crippen LogP) is 5.45. The van der Waals surface area contributed by atoms with Crippen molar-refractivity contribution >= 4 is 30.0 Å². The molecule has 24 heavy (non-hydrogen) atoms. The molecular formula is C19H33BrO3Si. The number of carbonyl (C=O) groups is 1. The lowest BCUT2D eigenvalue weighted by Crippen LogP contribution is -2.68. The lowest BCUT2D eigenvalue weighted by molar-refractivity contribution is -0.208. The summed E-state index contributed by atoms with van der Waals surface area (Å²) in [5.74, 6) is 0.301. The molecule has 2 aliphatic heterocycles. The quantitative estimate of drug-likeness (QED) is 0.571. The van der Waals surface area contributed by atoms with E-state index in [1.165, 1.54) is 0 Å². The molecule has 0 aromatic heterocycles. The lowest BCUT2D eigenvalue weighted by Gasteiger charge is -2.54. The molecule has 0 spiro atoms. The van der Waals surface area contributed by atoms with Crippen molar-refractivity contribution in [2.75, 3.05) is 0 Å². The minimum Gasteiger partial charge on any atom is -0.402 e. The first kappa shape index (κ1) is 20.3. The number of ketones is 1. The summed E-state index contributed by atoms with van der Waals surface area (Å²) in [6.07, 6.45) is 1.50. The zero-order chi connectivity index (χ0) is 18.7. The van der Waals surface area contributed by atoms with Gasteiger partial charge in [0.2, 0.25) is 0 Å². The first-order valence-electron chi connectivity index (χ1n) is 8.91. The summed E-state index contributed by atoms with van der Waals surface area (Å²) < 4.78 is 14.1. The second-order valence-corrected chi connectivity index (χ2v) is 15.3. The minimum atomic E-state index is -2.13. The third-order valence-corrected chi connectivity index (χ3v) is 11.7. The van der Waals surface area contributed by atoms with Crippen molar-refractivity contribution in [1.29, 1.82) is 0 Å². The Morgan fingerprint density at radius 2 is 1.96 bits per heavy atom. The van der Waals surface area contributed by atoms with Gasteiger partial charge in [-0.15, -0.1) is 0 Å². The molecule has 5 atom stereocenters. The first-order chi connectivity index (χ1) is 10.7. The van der Waals surface area contributed by atoms with Crippen molar-refractivity contribution in [2.45, 2.75) is 89.8 Å². The predicted molar refractivity (Wildman–Crippen MR) is 105 cm³/mol. The van der Waals surface area contributed by atoms with Gasteiger partial charge in [-0.05, 0) is 55.2 Å². The van der Waals surface area contributed by atoms with Gasteiger partial charge in [-0.25, -0.2) is 0 Å². The molecule has 0 unspecified atom stereocenters. The molecule has 2 bridgehead atoms. The fraction of sp³-hybridized carbons (Fsp3) is 0.842. The van der Waals surface area contributed by atoms with Crippen LogP contribution in [-0.2, 0) is 14.0 Å². The van der Waals surface area contributed by atoms with Crippen LogP contribution in [0.1, 0.15) is 54.4 Å². The number of fused-ring (bicyclic) bond motifs is 2. The third-order valence-electron chi connectivity index (χ3n) is 6.83. The molecule has 2 rings (SSSR count). The minimum absolute atomic E-state index is 0.0251. The topological polar surface area (TPSA) is 35.5 Å². The van der Waals surface area contributed by atoms with Gasteiger partial charge in [0.15, 0.2) is 14.1 Å². The Labute approximate surface area is 156 Å². The van der Waals surface area contributed by atoms with Crippen LogP contribution in [0.2, 0.25) is 18.1 Å². The second-order valence-electron chi connectivity index (χ2n) is 9.49. The first-order valence-corrected chi connectivity index (χ1v) is 12.6. The van der Waals surface area contributed by atoms with Gasteiger partial charge in [0.1, 0.15) is 11.2 Å². The Morgan fingerprint density at radius 1 is 1.42 bits per heavy atom. The molecule has 2 fully saturated rings. The van der Waals surface area contributed by atoms with Crippen molar-refractivity contribution < 1.29 is 14.0 Å². The summed E-state index contributed by atoms with van der Waals surface area (Å²) in [5, 5.41) is 0.0415. The van der Waals surface area contributed by atoms with Gasteiger partial charge in [-0.2, -0.15) is 0 Å². The van der Waals surface area contributed by atoms with E-state index in [-0.39, 0.29) is 28.8 Å². The number of rotatable bonds is 4. The van der Waals surface area contributed by atoms with Crippen molar-refractivity contribution in [2.24, 2.45) is 11.8 Å². The molecule has 0 amide bonds. The summed E-state index contributed by atoms with van der Waals surface area (Å²) in [6.45, 7) is 21.2. The number of halogens is 1. The Bertz CT molecular complexity index is 553. The van der Waals surface area contributed by atoms with Gasteiger partial charge in [0.05, 0.1) is 12.0 Å². The van der Waals surface area contributed by atoms with Crippen molar-refractivity contribution in [1.82, 2.24) is 0 Å². The molecule has 2 aliphatic rings. The maximum absolute atomic E-state index is 13.6. The number of hydrogen-bond donors (Lipinski definition) is 0. The van der Waals surface area contributed by atoms with E-state index in [1.54, 1.807) is 0 Å². The number of allylic oxidation sites excluding steroid dienone is 1. The fourth-order valence-electron chi connectivity index (χ4n) is 3.93. The smallest absolute Gasteiger partial charge is 0.193 e. The highest BCUT2D eigenvalue weighted by Crippen LogP contribution is 2.55. The SMILES string of the molecule is C=C(Br)C[C@H]1C(=O)[C@](C)(O[Si](C)(C)C(C)(C)C)[C@@]2(C)O[C@@H]1C[C@@H]2C. The van der Waals surface area contributed by atoms with Gasteiger partial charge < -0.3 is 9.16 Å². The maximum atomic E-state index is 13.6. The molecule has 0 saturated carbocycles. The van der Waals surface area contributed by atoms with E-state index in [4.69, 9.17) is 9.16 Å². The highest BCUT2D eigenvalue weighted by molar-refractivity contribution is 9.11. The van der Waals surface area contributed by atoms with E-state index < -0.39 is 19.5 Å². The number of ether oxygens (including phenoxy) is 1. The van der Waals surface area contributed by atoms with Gasteiger partial charge >= 0.3 is 0 Å². The standard InChI is InChI=1S/C19H33BrO3Si/c1-12-10-15-14(11-13(2)20)16(21)19(7,18(12,6)22-15)23-24(8,9)17(3,4)5/h12,14-15H,2,10-11H2,1,3-9H3/t12-,14+,15+,18-,19-/m0/s1. The van der Waals surface area contributed by atoms with Crippen LogP contribution in [0.4, 0.5) is 0 Å². The number of hydrogen-bond acceptors (Lipinski definition) is 3. The number of carbonyl (C=O) groups excluding carboxylic acids is 1. The van der Waals surface area contributed by atoms with Crippen LogP contribution < -0.4 is 0 Å². The molecule has 0 radical (unpaired) electrons. The Kier molecular flexibility index (Phi) is 5.11. The molecule has 2 saturated heterocycles. The molecule has 0 N–H and O–H groups in total. The Balaban J connectivity index is 2.48. The molecule has 0 aromatic carbocycles. The van der Waals surface area contributed by atoms with Gasteiger partial charge in [0.25, 0.3) is 0 Å². The molecule has 138 valence electrons. The molecule has 2 heterocycles. The Morgan fingerprint density at radius 3 is 2.42 bits per heavy atom. The summed E-state index contributed by atoms with van der Waals surface area (Å²) in [4.78, 5) is 13.6. The number of Topliss-reactive ketones (excluding diaryl/α,β-unsaturated/α-hetero) is 1. The summed E-state index contributed by atoms with van der Waals surface area (Å²) in [6, 6.07) is 0. The zero-order valence-corrected chi connectivity index (χ0v) is 19.0. The average Bonchev–Trinajstić information content (AvgIpc) is 2.67. The summed E-state index contributed by atoms with van der Waals surface area (Å²) in [7, 11) is -2.13. The van der Waals surface area contributed by atoms with Gasteiger partial charge in [-0.3, -0.25) is 4.79 Å². The second kappa shape index (κ2) is 6.03. The van der Waals surface area contributed by atoms with E-state index in [1.807, 2.05) is 6.92 Å². The molecule has 0 aromatic rings. The largest absolute Gasteiger partial charge is 0.402 e. The fourth-order valence-corrected chi connectivity index (χ4v) is 5.90. The monoisotopic (exact) mass is 416 g/mol. The average molecular weight is 417 g/mol. The van der Waals surface area contributed by atoms with Crippen molar-refractivity contribution in [3.05, 3.63) is 11.1 Å². The van der Waals surface area contributed by atoms with Crippen LogP contribution >= 0.6 is 15.9 Å². The highest BCUT2D eigenvalue weighted by Gasteiger charge is 2.67. The van der Waals surface area contributed by atoms with E-state index in [0.717, 1.165) is 10.9 Å². The normalized spacial score (nSPS) is 40.0. The maximum Gasteiger partial charge on any atom is 0.193 e. The van der Waals surface area contributed by atoms with Crippen LogP contribution in [0.15, 0.2) is 11.1 Å². The van der Waals surface area contributed by atoms with Crippen LogP contribution in [0.3, 0.4) is 0 Å². The highest BCUT2D eigenvalue weighted by atomic mass is 79.9. The van der Waals surface area contributed by atoms with Crippen LogP contribution in [-0.4, -0.2) is 31.4 Å². The van der Waals surface area contributed by atoms with Gasteiger partial charge in [-0.1, -0.05) is 50.2 Å². The lowest BCUT2D eigenvalue weighted by atomic mass is 9.73.